The summed E-state index contributed by atoms with van der Waals surface area (Å²) in [6.45, 7) is 4.70. The molecule has 5 heteroatoms. The first-order valence-electron chi connectivity index (χ1n) is 4.08. The van der Waals surface area contributed by atoms with E-state index in [0.717, 1.165) is 18.4 Å². The lowest BCUT2D eigenvalue weighted by Gasteiger charge is -2.01. The molecule has 2 nitrogen and oxygen atoms in total. The minimum atomic E-state index is -0.779. The maximum Gasteiger partial charge on any atom is 0.187 e. The van der Waals surface area contributed by atoms with Gasteiger partial charge in [-0.3, -0.25) is 4.57 Å². The van der Waals surface area contributed by atoms with Gasteiger partial charge in [-0.2, -0.15) is 0 Å². The van der Waals surface area contributed by atoms with Crippen LogP contribution in [0.3, 0.4) is 0 Å². The number of ether oxygens (including phenoxy) is 1. The summed E-state index contributed by atoms with van der Waals surface area (Å²) in [5.41, 5.74) is 0.0132. The molecule has 0 N–H and O–H groups in total. The van der Waals surface area contributed by atoms with Gasteiger partial charge in [0.25, 0.3) is 0 Å². The molecule has 82 valence electrons. The van der Waals surface area contributed by atoms with Crippen molar-refractivity contribution < 1.29 is 18.1 Å². The van der Waals surface area contributed by atoms with E-state index in [4.69, 9.17) is 4.74 Å². The molecule has 0 aromatic heterocycles. The fourth-order valence-corrected chi connectivity index (χ4v) is 0.728. The Balaban J connectivity index is 4.16. The Kier molecular flexibility index (Phi) is 7.38. The topological polar surface area (TPSA) is 26.3 Å². The van der Waals surface area contributed by atoms with Crippen LogP contribution >= 0.6 is 8.46 Å². The Morgan fingerprint density at radius 3 is 2.73 bits per heavy atom. The van der Waals surface area contributed by atoms with Gasteiger partial charge in [0.2, 0.25) is 0 Å². The number of hydrogen-bond acceptors (Lipinski definition) is 2. The van der Waals surface area contributed by atoms with Crippen LogP contribution in [0, 0.1) is 0 Å². The minimum Gasteiger partial charge on any atom is -0.496 e. The standard InChI is InChI=1S/C10H11F2O2P/c1-3-9(11)6-10(12)8(2)7-14-4-5-15-13/h3-6H,2,7H2,1H3/b5-4+,9-3+,10-6+. The average molecular weight is 232 g/mol. The van der Waals surface area contributed by atoms with Crippen molar-refractivity contribution in [2.45, 2.75) is 6.92 Å². The van der Waals surface area contributed by atoms with Crippen molar-refractivity contribution >= 4 is 8.46 Å². The zero-order valence-corrected chi connectivity index (χ0v) is 9.14. The van der Waals surface area contributed by atoms with E-state index in [-0.39, 0.29) is 20.6 Å². The molecule has 0 spiro atoms. The van der Waals surface area contributed by atoms with E-state index in [1.807, 2.05) is 0 Å². The highest BCUT2D eigenvalue weighted by Crippen LogP contribution is 2.13. The van der Waals surface area contributed by atoms with Gasteiger partial charge in [-0.15, -0.1) is 0 Å². The lowest BCUT2D eigenvalue weighted by Crippen LogP contribution is -1.92. The van der Waals surface area contributed by atoms with E-state index in [2.05, 4.69) is 6.58 Å². The summed E-state index contributed by atoms with van der Waals surface area (Å²) >= 11 is 0. The number of rotatable bonds is 6. The Labute approximate surface area is 88.8 Å². The molecule has 0 fully saturated rings. The molecule has 0 aliphatic heterocycles. The molecule has 0 aromatic rings. The Hall–Kier alpha value is -1.28. The Bertz CT molecular complexity index is 319. The van der Waals surface area contributed by atoms with Crippen molar-refractivity contribution in [1.29, 1.82) is 0 Å². The maximum atomic E-state index is 13.1. The summed E-state index contributed by atoms with van der Waals surface area (Å²) in [4.78, 5) is 0. The van der Waals surface area contributed by atoms with Crippen molar-refractivity contribution in [2.24, 2.45) is 0 Å². The second-order valence-corrected chi connectivity index (χ2v) is 2.98. The summed E-state index contributed by atoms with van der Waals surface area (Å²) in [6, 6.07) is 0. The highest BCUT2D eigenvalue weighted by Gasteiger charge is 2.02. The molecule has 0 atom stereocenters. The lowest BCUT2D eigenvalue weighted by atomic mass is 10.2. The third-order valence-corrected chi connectivity index (χ3v) is 1.60. The van der Waals surface area contributed by atoms with E-state index in [0.29, 0.717) is 0 Å². The van der Waals surface area contributed by atoms with E-state index < -0.39 is 11.7 Å². The van der Waals surface area contributed by atoms with Crippen LogP contribution in [0.4, 0.5) is 8.78 Å². The summed E-state index contributed by atoms with van der Waals surface area (Å²) in [5, 5.41) is 0. The third-order valence-electron chi connectivity index (χ3n) is 1.35. The normalized spacial score (nSPS) is 13.5. The Morgan fingerprint density at radius 1 is 1.53 bits per heavy atom. The van der Waals surface area contributed by atoms with Crippen LogP contribution < -0.4 is 0 Å². The SMILES string of the molecule is C=C(CO/C=C/P=O)/C(F)=C\C(F)=C/C. The van der Waals surface area contributed by atoms with Crippen molar-refractivity contribution in [3.05, 3.63) is 48.0 Å². The summed E-state index contributed by atoms with van der Waals surface area (Å²) in [7, 11) is -0.199. The number of allylic oxidation sites excluding steroid dienone is 3. The van der Waals surface area contributed by atoms with Gasteiger partial charge >= 0.3 is 0 Å². The van der Waals surface area contributed by atoms with Crippen molar-refractivity contribution in [1.82, 2.24) is 0 Å². The highest BCUT2D eigenvalue weighted by molar-refractivity contribution is 7.27. The zero-order chi connectivity index (χ0) is 11.7. The molecule has 0 rings (SSSR count). The van der Waals surface area contributed by atoms with Gasteiger partial charge in [-0.25, -0.2) is 8.78 Å². The second kappa shape index (κ2) is 8.06. The van der Waals surface area contributed by atoms with E-state index in [1.165, 1.54) is 12.7 Å². The molecule has 0 aromatic carbocycles. The molecule has 0 amide bonds. The molecule has 0 radical (unpaired) electrons. The molecule has 0 aliphatic carbocycles. The molecule has 0 aliphatic rings. The molecular weight excluding hydrogens is 221 g/mol. The predicted octanol–water partition coefficient (Wildman–Crippen LogP) is 4.05. The molecule has 0 saturated carbocycles. The first-order chi connectivity index (χ1) is 7.11. The van der Waals surface area contributed by atoms with Crippen LogP contribution in [0.1, 0.15) is 6.92 Å². The first kappa shape index (κ1) is 13.7. The molecular formula is C10H11F2O2P. The van der Waals surface area contributed by atoms with Gasteiger partial charge < -0.3 is 4.74 Å². The van der Waals surface area contributed by atoms with Gasteiger partial charge in [0.1, 0.15) is 18.3 Å². The van der Waals surface area contributed by atoms with Gasteiger partial charge in [0.05, 0.1) is 6.26 Å². The maximum absolute atomic E-state index is 13.1. The van der Waals surface area contributed by atoms with Gasteiger partial charge in [-0.1, -0.05) is 12.7 Å². The lowest BCUT2D eigenvalue weighted by molar-refractivity contribution is 0.279. The highest BCUT2D eigenvalue weighted by atomic mass is 31.1. The number of hydrogen-bond donors (Lipinski definition) is 0. The van der Waals surface area contributed by atoms with Gasteiger partial charge in [0.15, 0.2) is 8.46 Å². The molecule has 0 saturated heterocycles. The smallest absolute Gasteiger partial charge is 0.187 e. The largest absolute Gasteiger partial charge is 0.496 e. The summed E-state index contributed by atoms with van der Waals surface area (Å²) in [6.07, 6.45) is 3.00. The van der Waals surface area contributed by atoms with E-state index in [1.54, 1.807) is 0 Å². The van der Waals surface area contributed by atoms with Crippen LogP contribution in [0.5, 0.6) is 0 Å². The average Bonchev–Trinajstić information content (AvgIpc) is 2.23. The van der Waals surface area contributed by atoms with Gasteiger partial charge in [-0.05, 0) is 6.92 Å². The van der Waals surface area contributed by atoms with Crippen LogP contribution in [0.15, 0.2) is 48.0 Å². The zero-order valence-electron chi connectivity index (χ0n) is 8.24. The third kappa shape index (κ3) is 6.75. The van der Waals surface area contributed by atoms with Gasteiger partial charge in [0, 0.05) is 17.5 Å². The second-order valence-electron chi connectivity index (χ2n) is 2.47. The van der Waals surface area contributed by atoms with Crippen LogP contribution in [0.25, 0.3) is 0 Å². The molecule has 0 bridgehead atoms. The van der Waals surface area contributed by atoms with Crippen LogP contribution in [-0.4, -0.2) is 6.61 Å². The predicted molar refractivity (Wildman–Crippen MR) is 55.9 cm³/mol. The Morgan fingerprint density at radius 2 is 2.20 bits per heavy atom. The first-order valence-corrected chi connectivity index (χ1v) is 4.96. The molecule has 0 heterocycles. The van der Waals surface area contributed by atoms with E-state index in [9.17, 15) is 13.3 Å². The van der Waals surface area contributed by atoms with Crippen molar-refractivity contribution in [3.63, 3.8) is 0 Å². The molecule has 15 heavy (non-hydrogen) atoms. The summed E-state index contributed by atoms with van der Waals surface area (Å²) in [5.74, 6) is -0.248. The fourth-order valence-electron chi connectivity index (χ4n) is 0.592. The minimum absolute atomic E-state index is 0.0132. The van der Waals surface area contributed by atoms with Crippen LogP contribution in [0.2, 0.25) is 0 Å². The molecule has 0 unspecified atom stereocenters. The monoisotopic (exact) mass is 232 g/mol. The fraction of sp³-hybridized carbons (Fsp3) is 0.200. The van der Waals surface area contributed by atoms with Crippen molar-refractivity contribution in [2.75, 3.05) is 6.61 Å². The summed E-state index contributed by atoms with van der Waals surface area (Å²) < 4.78 is 40.3. The van der Waals surface area contributed by atoms with E-state index >= 15 is 0 Å². The van der Waals surface area contributed by atoms with Crippen molar-refractivity contribution in [3.8, 4) is 0 Å². The number of halogens is 2. The van der Waals surface area contributed by atoms with Crippen LogP contribution in [-0.2, 0) is 9.30 Å². The quantitative estimate of drug-likeness (QED) is 0.392.